The van der Waals surface area contributed by atoms with Gasteiger partial charge in [-0.15, -0.1) is 0 Å². The number of hydrogen-bond donors (Lipinski definition) is 1. The molecular weight excluding hydrogens is 505 g/mol. The van der Waals surface area contributed by atoms with Crippen molar-refractivity contribution in [3.05, 3.63) is 70.5 Å². The normalized spacial score (nSPS) is 25.5. The average Bonchev–Trinajstić information content (AvgIpc) is 3.44. The number of nitrogens with one attached hydrogen (secondary N) is 1. The summed E-state index contributed by atoms with van der Waals surface area (Å²) in [6.07, 6.45) is -9.69. The summed E-state index contributed by atoms with van der Waals surface area (Å²) in [5, 5.41) is 2.91. The van der Waals surface area contributed by atoms with Crippen LogP contribution in [0.2, 0.25) is 0 Å². The largest absolute Gasteiger partial charge is 0.416 e. The Hall–Kier alpha value is -2.66. The van der Waals surface area contributed by atoms with Crippen molar-refractivity contribution in [3.8, 4) is 0 Å². The van der Waals surface area contributed by atoms with Crippen molar-refractivity contribution < 1.29 is 40.3 Å². The van der Waals surface area contributed by atoms with Gasteiger partial charge in [-0.3, -0.25) is 9.69 Å². The predicted molar refractivity (Wildman–Crippen MR) is 121 cm³/mol. The van der Waals surface area contributed by atoms with Crippen LogP contribution < -0.4 is 5.32 Å². The Morgan fingerprint density at radius 3 is 2.05 bits per heavy atom. The van der Waals surface area contributed by atoms with Gasteiger partial charge in [0.05, 0.1) is 29.5 Å². The van der Waals surface area contributed by atoms with E-state index in [9.17, 15) is 35.5 Å². The molecule has 1 saturated heterocycles. The van der Waals surface area contributed by atoms with Crippen LogP contribution in [0.15, 0.2) is 42.5 Å². The van der Waals surface area contributed by atoms with Crippen molar-refractivity contribution >= 4 is 5.91 Å². The molecule has 1 aliphatic heterocycles. The smallest absolute Gasteiger partial charge is 0.370 e. The fourth-order valence-corrected chi connectivity index (χ4v) is 5.36. The lowest BCUT2D eigenvalue weighted by Crippen LogP contribution is -2.48. The molecular formula is C26H27F7N2O2. The summed E-state index contributed by atoms with van der Waals surface area (Å²) < 4.78 is 100.0. The summed E-state index contributed by atoms with van der Waals surface area (Å²) in [5.74, 6) is -0.859. The summed E-state index contributed by atoms with van der Waals surface area (Å²) in [6.45, 7) is 1.42. The molecule has 1 aliphatic carbocycles. The van der Waals surface area contributed by atoms with E-state index in [0.29, 0.717) is 37.8 Å². The molecule has 0 unspecified atom stereocenters. The second kappa shape index (κ2) is 10.2. The Morgan fingerprint density at radius 2 is 1.54 bits per heavy atom. The minimum Gasteiger partial charge on any atom is -0.370 e. The molecule has 2 aliphatic rings. The fraction of sp³-hybridized carbons (Fsp3) is 0.500. The van der Waals surface area contributed by atoms with E-state index in [2.05, 4.69) is 5.32 Å². The van der Waals surface area contributed by atoms with E-state index < -0.39 is 41.5 Å². The van der Waals surface area contributed by atoms with Gasteiger partial charge in [0, 0.05) is 18.4 Å². The first-order chi connectivity index (χ1) is 17.2. The number of ether oxygens (including phenoxy) is 1. The molecule has 11 heteroatoms. The zero-order valence-corrected chi connectivity index (χ0v) is 20.2. The summed E-state index contributed by atoms with van der Waals surface area (Å²) in [4.78, 5) is 13.8. The first kappa shape index (κ1) is 27.4. The van der Waals surface area contributed by atoms with E-state index in [4.69, 9.17) is 4.74 Å². The van der Waals surface area contributed by atoms with Gasteiger partial charge in [0.1, 0.15) is 5.82 Å². The fourth-order valence-electron chi connectivity index (χ4n) is 5.36. The molecule has 0 aromatic heterocycles. The van der Waals surface area contributed by atoms with Gasteiger partial charge in [-0.25, -0.2) is 4.39 Å². The Balaban J connectivity index is 1.63. The molecule has 1 amide bonds. The van der Waals surface area contributed by atoms with Crippen LogP contribution in [0.25, 0.3) is 0 Å². The molecule has 202 valence electrons. The van der Waals surface area contributed by atoms with Crippen LogP contribution in [-0.4, -0.2) is 36.2 Å². The molecule has 1 heterocycles. The number of alkyl halides is 6. The third-order valence-electron chi connectivity index (χ3n) is 7.26. The topological polar surface area (TPSA) is 41.6 Å². The van der Waals surface area contributed by atoms with Crippen molar-refractivity contribution in [2.24, 2.45) is 0 Å². The molecule has 2 fully saturated rings. The molecule has 1 saturated carbocycles. The standard InChI is InChI=1S/C26H27F7N2O2/c1-14(16-11-17(25(28,29)30)13-18(12-16)26(31,32)33)37-21-8-7-20(35(2)22-9-10-23(36)34-22)24(21)15-3-5-19(27)6-4-15/h3-6,11-14,20-22,24H,7-10H2,1-2H3,(H,34,36)/t14-,20-,21+,22-,24-/m1/s1. The molecule has 37 heavy (non-hydrogen) atoms. The monoisotopic (exact) mass is 532 g/mol. The Kier molecular flexibility index (Phi) is 7.58. The number of nitrogens with zero attached hydrogens (tertiary/aromatic N) is 1. The van der Waals surface area contributed by atoms with Gasteiger partial charge in [-0.05, 0) is 74.7 Å². The average molecular weight is 533 g/mol. The lowest BCUT2D eigenvalue weighted by molar-refractivity contribution is -0.143. The minimum atomic E-state index is -4.96. The second-order valence-corrected chi connectivity index (χ2v) is 9.67. The van der Waals surface area contributed by atoms with Crippen molar-refractivity contribution in [1.82, 2.24) is 10.2 Å². The number of carbonyl (C=O) groups excluding carboxylic acids is 1. The number of carbonyl (C=O) groups is 1. The molecule has 2 aromatic carbocycles. The maximum absolute atomic E-state index is 13.6. The third-order valence-corrected chi connectivity index (χ3v) is 7.26. The Labute approximate surface area is 209 Å². The van der Waals surface area contributed by atoms with Gasteiger partial charge < -0.3 is 10.1 Å². The predicted octanol–water partition coefficient (Wildman–Crippen LogP) is 6.42. The third kappa shape index (κ3) is 6.09. The zero-order chi connectivity index (χ0) is 27.1. The van der Waals surface area contributed by atoms with Crippen LogP contribution in [0.3, 0.4) is 0 Å². The molecule has 2 aromatic rings. The zero-order valence-electron chi connectivity index (χ0n) is 20.2. The Morgan fingerprint density at radius 1 is 0.946 bits per heavy atom. The summed E-state index contributed by atoms with van der Waals surface area (Å²) in [6, 6.07) is 7.10. The summed E-state index contributed by atoms with van der Waals surface area (Å²) in [7, 11) is 1.85. The van der Waals surface area contributed by atoms with Gasteiger partial charge in [0.15, 0.2) is 0 Å². The molecule has 0 spiro atoms. The van der Waals surface area contributed by atoms with Gasteiger partial charge in [0.2, 0.25) is 5.91 Å². The highest BCUT2D eigenvalue weighted by Crippen LogP contribution is 2.44. The van der Waals surface area contributed by atoms with E-state index in [1.54, 1.807) is 12.1 Å². The number of halogens is 7. The van der Waals surface area contributed by atoms with Crippen molar-refractivity contribution in [1.29, 1.82) is 0 Å². The number of rotatable bonds is 6. The molecule has 1 N–H and O–H groups in total. The van der Waals surface area contributed by atoms with Gasteiger partial charge >= 0.3 is 12.4 Å². The maximum Gasteiger partial charge on any atom is 0.416 e. The number of hydrogen-bond acceptors (Lipinski definition) is 3. The number of amides is 1. The molecule has 0 radical (unpaired) electrons. The van der Waals surface area contributed by atoms with Crippen LogP contribution in [0.4, 0.5) is 30.7 Å². The van der Waals surface area contributed by atoms with E-state index in [1.807, 2.05) is 11.9 Å². The first-order valence-electron chi connectivity index (χ1n) is 12.0. The van der Waals surface area contributed by atoms with Crippen molar-refractivity contribution in [2.75, 3.05) is 7.05 Å². The first-order valence-corrected chi connectivity index (χ1v) is 12.0. The Bertz CT molecular complexity index is 1090. The van der Waals surface area contributed by atoms with E-state index in [0.717, 1.165) is 5.56 Å². The molecule has 5 atom stereocenters. The van der Waals surface area contributed by atoms with E-state index in [1.165, 1.54) is 19.1 Å². The number of benzene rings is 2. The molecule has 0 bridgehead atoms. The van der Waals surface area contributed by atoms with E-state index in [-0.39, 0.29) is 35.7 Å². The highest BCUT2D eigenvalue weighted by atomic mass is 19.4. The lowest BCUT2D eigenvalue weighted by Gasteiger charge is -2.36. The van der Waals surface area contributed by atoms with Gasteiger partial charge in [-0.1, -0.05) is 12.1 Å². The molecule has 4 nitrogen and oxygen atoms in total. The van der Waals surface area contributed by atoms with E-state index >= 15 is 0 Å². The quantitative estimate of drug-likeness (QED) is 0.437. The van der Waals surface area contributed by atoms with Crippen LogP contribution >= 0.6 is 0 Å². The van der Waals surface area contributed by atoms with Crippen LogP contribution in [0.5, 0.6) is 0 Å². The van der Waals surface area contributed by atoms with Crippen molar-refractivity contribution in [3.63, 3.8) is 0 Å². The van der Waals surface area contributed by atoms with Crippen LogP contribution in [-0.2, 0) is 21.9 Å². The minimum absolute atomic E-state index is 0.0698. The lowest BCUT2D eigenvalue weighted by atomic mass is 9.91. The SMILES string of the molecule is C[C@@H](O[C@H]1CC[C@@H](N(C)[C@@H]2CCC(=O)N2)[C@H]1c1ccc(F)cc1)c1cc(C(F)(F)F)cc(C(F)(F)F)c1. The maximum atomic E-state index is 13.6. The van der Waals surface area contributed by atoms with Gasteiger partial charge in [0.25, 0.3) is 0 Å². The van der Waals surface area contributed by atoms with Crippen molar-refractivity contribution in [2.45, 2.75) is 75.3 Å². The summed E-state index contributed by atoms with van der Waals surface area (Å²) in [5.41, 5.74) is -2.30. The van der Waals surface area contributed by atoms with Crippen LogP contribution in [0, 0.1) is 5.82 Å². The second-order valence-electron chi connectivity index (χ2n) is 9.67. The molecule has 4 rings (SSSR count). The van der Waals surface area contributed by atoms with Gasteiger partial charge in [-0.2, -0.15) is 26.3 Å². The summed E-state index contributed by atoms with van der Waals surface area (Å²) >= 11 is 0. The number of likely N-dealkylation sites (N-methyl/N-ethyl adjacent to an activating group) is 1. The highest BCUT2D eigenvalue weighted by molar-refractivity contribution is 5.78. The highest BCUT2D eigenvalue weighted by Gasteiger charge is 2.44. The van der Waals surface area contributed by atoms with Crippen LogP contribution in [0.1, 0.15) is 66.9 Å².